The molecule has 1 aromatic carbocycles. The van der Waals surface area contributed by atoms with Crippen LogP contribution in [0.4, 0.5) is 0 Å². The van der Waals surface area contributed by atoms with E-state index in [0.717, 1.165) is 6.42 Å². The summed E-state index contributed by atoms with van der Waals surface area (Å²) in [6.07, 6.45) is 5.63. The van der Waals surface area contributed by atoms with Crippen LogP contribution in [0.5, 0.6) is 17.2 Å². The zero-order chi connectivity index (χ0) is 20.0. The van der Waals surface area contributed by atoms with Gasteiger partial charge in [-0.25, -0.2) is 4.79 Å². The van der Waals surface area contributed by atoms with Gasteiger partial charge in [-0.1, -0.05) is 19.1 Å². The number of ether oxygens (including phenoxy) is 3. The van der Waals surface area contributed by atoms with Crippen molar-refractivity contribution in [3.8, 4) is 17.2 Å². The van der Waals surface area contributed by atoms with E-state index in [-0.39, 0.29) is 11.5 Å². The molecule has 2 rings (SSSR count). The van der Waals surface area contributed by atoms with Gasteiger partial charge < -0.3 is 18.6 Å². The molecular formula is C21H26O6. The first kappa shape index (κ1) is 20.6. The summed E-state index contributed by atoms with van der Waals surface area (Å²) in [5.41, 5.74) is -0.863. The summed E-state index contributed by atoms with van der Waals surface area (Å²) in [5.74, 6) is -0.0945. The Hall–Kier alpha value is -2.76. The van der Waals surface area contributed by atoms with Crippen LogP contribution in [0.2, 0.25) is 0 Å². The van der Waals surface area contributed by atoms with Gasteiger partial charge in [-0.3, -0.25) is 4.79 Å². The Kier molecular flexibility index (Phi) is 6.66. The van der Waals surface area contributed by atoms with Gasteiger partial charge >= 0.3 is 11.6 Å². The van der Waals surface area contributed by atoms with Crippen LogP contribution in [0.3, 0.4) is 0 Å². The van der Waals surface area contributed by atoms with E-state index in [1.807, 2.05) is 39.8 Å². The van der Waals surface area contributed by atoms with Gasteiger partial charge in [-0.05, 0) is 45.7 Å². The first-order valence-corrected chi connectivity index (χ1v) is 8.97. The van der Waals surface area contributed by atoms with Crippen molar-refractivity contribution in [1.82, 2.24) is 0 Å². The average Bonchev–Trinajstić information content (AvgIpc) is 2.55. The number of hydrogen-bond acceptors (Lipinski definition) is 6. The number of benzene rings is 1. The van der Waals surface area contributed by atoms with Crippen molar-refractivity contribution in [2.45, 2.75) is 53.1 Å². The molecule has 6 nitrogen and oxygen atoms in total. The molecule has 0 radical (unpaired) electrons. The van der Waals surface area contributed by atoms with Crippen LogP contribution >= 0.6 is 0 Å². The number of esters is 1. The molecule has 0 bridgehead atoms. The predicted molar refractivity (Wildman–Crippen MR) is 104 cm³/mol. The summed E-state index contributed by atoms with van der Waals surface area (Å²) >= 11 is 0. The lowest BCUT2D eigenvalue weighted by Gasteiger charge is -2.21. The van der Waals surface area contributed by atoms with Gasteiger partial charge in [0.1, 0.15) is 16.9 Å². The smallest absolute Gasteiger partial charge is 0.383 e. The number of fused-ring (bicyclic) bond motifs is 1. The van der Waals surface area contributed by atoms with E-state index in [0.29, 0.717) is 29.7 Å². The highest BCUT2D eigenvalue weighted by molar-refractivity contribution is 5.87. The second-order valence-electron chi connectivity index (χ2n) is 7.03. The van der Waals surface area contributed by atoms with E-state index >= 15 is 0 Å². The minimum absolute atomic E-state index is 0.198. The number of rotatable bonds is 7. The minimum Gasteiger partial charge on any atom is -0.488 e. The van der Waals surface area contributed by atoms with E-state index in [1.165, 1.54) is 6.92 Å². The molecular weight excluding hydrogens is 348 g/mol. The molecule has 6 heteroatoms. The Morgan fingerprint density at radius 2 is 1.93 bits per heavy atom. The van der Waals surface area contributed by atoms with Crippen LogP contribution in [0.1, 0.15) is 47.5 Å². The number of hydrogen-bond donors (Lipinski definition) is 0. The summed E-state index contributed by atoms with van der Waals surface area (Å²) in [6.45, 7) is 9.38. The van der Waals surface area contributed by atoms with Crippen LogP contribution in [0.25, 0.3) is 11.0 Å². The van der Waals surface area contributed by atoms with Crippen molar-refractivity contribution in [2.75, 3.05) is 6.61 Å². The Morgan fingerprint density at radius 1 is 1.19 bits per heavy atom. The molecule has 27 heavy (non-hydrogen) atoms. The van der Waals surface area contributed by atoms with Crippen LogP contribution in [-0.4, -0.2) is 18.2 Å². The third-order valence-electron chi connectivity index (χ3n) is 3.40. The maximum atomic E-state index is 12.3. The topological polar surface area (TPSA) is 75.0 Å². The van der Waals surface area contributed by atoms with Crippen molar-refractivity contribution < 1.29 is 23.4 Å². The number of allylic oxidation sites excluding steroid dienone is 1. The molecule has 0 aliphatic carbocycles. The minimum atomic E-state index is -0.773. The Morgan fingerprint density at radius 3 is 2.56 bits per heavy atom. The Balaban J connectivity index is 2.46. The summed E-state index contributed by atoms with van der Waals surface area (Å²) in [4.78, 5) is 23.7. The fourth-order valence-electron chi connectivity index (χ4n) is 2.44. The molecule has 0 aliphatic heterocycles. The Bertz CT molecular complexity index is 886. The third kappa shape index (κ3) is 5.88. The molecule has 0 spiro atoms. The second-order valence-corrected chi connectivity index (χ2v) is 7.03. The molecule has 0 aliphatic rings. The lowest BCUT2D eigenvalue weighted by atomic mass is 10.1. The number of carbonyl (C=O) groups is 1. The molecule has 2 aromatic rings. The van der Waals surface area contributed by atoms with Crippen LogP contribution in [0.15, 0.2) is 39.6 Å². The van der Waals surface area contributed by atoms with E-state index in [4.69, 9.17) is 18.6 Å². The fourth-order valence-corrected chi connectivity index (χ4v) is 2.44. The third-order valence-corrected chi connectivity index (χ3v) is 3.40. The molecule has 0 atom stereocenters. The lowest BCUT2D eigenvalue weighted by Crippen LogP contribution is -2.22. The highest BCUT2D eigenvalue weighted by atomic mass is 16.6. The van der Waals surface area contributed by atoms with Gasteiger partial charge in [0.25, 0.3) is 5.75 Å². The summed E-state index contributed by atoms with van der Waals surface area (Å²) < 4.78 is 22.0. The summed E-state index contributed by atoms with van der Waals surface area (Å²) in [6, 6.07) is 5.11. The molecule has 0 amide bonds. The highest BCUT2D eigenvalue weighted by Crippen LogP contribution is 2.35. The molecule has 0 N–H and O–H groups in total. The van der Waals surface area contributed by atoms with Gasteiger partial charge in [-0.2, -0.15) is 0 Å². The average molecular weight is 374 g/mol. The van der Waals surface area contributed by atoms with Crippen molar-refractivity contribution in [1.29, 1.82) is 0 Å². The van der Waals surface area contributed by atoms with E-state index in [1.54, 1.807) is 18.2 Å². The van der Waals surface area contributed by atoms with Gasteiger partial charge in [0.15, 0.2) is 5.75 Å². The quantitative estimate of drug-likeness (QED) is 0.304. The molecule has 146 valence electrons. The van der Waals surface area contributed by atoms with Crippen molar-refractivity contribution >= 4 is 16.9 Å². The zero-order valence-electron chi connectivity index (χ0n) is 16.5. The first-order chi connectivity index (χ1) is 12.7. The SMILES string of the molecule is CC/C=C/CCOc1c(OC(C)=O)c(=O)oc2cc(OC(C)(C)C)ccc12. The highest BCUT2D eigenvalue weighted by Gasteiger charge is 2.21. The van der Waals surface area contributed by atoms with Crippen LogP contribution < -0.4 is 19.8 Å². The van der Waals surface area contributed by atoms with Gasteiger partial charge in [-0.15, -0.1) is 0 Å². The first-order valence-electron chi connectivity index (χ1n) is 8.97. The van der Waals surface area contributed by atoms with Gasteiger partial charge in [0.2, 0.25) is 0 Å². The fraction of sp³-hybridized carbons (Fsp3) is 0.429. The molecule has 1 aromatic heterocycles. The Labute approximate surface area is 158 Å². The zero-order valence-corrected chi connectivity index (χ0v) is 16.5. The maximum Gasteiger partial charge on any atom is 0.383 e. The van der Waals surface area contributed by atoms with E-state index < -0.39 is 17.2 Å². The maximum absolute atomic E-state index is 12.3. The van der Waals surface area contributed by atoms with Crippen molar-refractivity contribution in [3.05, 3.63) is 40.8 Å². The molecule has 0 unspecified atom stereocenters. The second kappa shape index (κ2) is 8.75. The van der Waals surface area contributed by atoms with Crippen molar-refractivity contribution in [3.63, 3.8) is 0 Å². The largest absolute Gasteiger partial charge is 0.488 e. The van der Waals surface area contributed by atoms with E-state index in [9.17, 15) is 9.59 Å². The van der Waals surface area contributed by atoms with Crippen molar-refractivity contribution in [2.24, 2.45) is 0 Å². The van der Waals surface area contributed by atoms with Crippen LogP contribution in [0, 0.1) is 0 Å². The molecule has 1 heterocycles. The van der Waals surface area contributed by atoms with E-state index in [2.05, 4.69) is 0 Å². The molecule has 0 saturated heterocycles. The number of carbonyl (C=O) groups excluding carboxylic acids is 1. The summed E-state index contributed by atoms with van der Waals surface area (Å²) in [7, 11) is 0. The molecule has 0 fully saturated rings. The monoisotopic (exact) mass is 374 g/mol. The van der Waals surface area contributed by atoms with Gasteiger partial charge in [0.05, 0.1) is 12.0 Å². The van der Waals surface area contributed by atoms with Crippen LogP contribution in [-0.2, 0) is 4.79 Å². The standard InChI is InChI=1S/C21H26O6/c1-6-7-8-9-12-24-18-16-11-10-15(27-21(3,4)5)13-17(16)26-20(23)19(18)25-14(2)22/h7-8,10-11,13H,6,9,12H2,1-5H3/b8-7+. The lowest BCUT2D eigenvalue weighted by molar-refractivity contribution is -0.132. The van der Waals surface area contributed by atoms with Gasteiger partial charge in [0, 0.05) is 13.0 Å². The predicted octanol–water partition coefficient (Wildman–Crippen LogP) is 4.63. The molecule has 0 saturated carbocycles. The summed E-state index contributed by atoms with van der Waals surface area (Å²) in [5, 5.41) is 0.534. The normalized spacial score (nSPS) is 11.7.